The molecule has 1 aromatic heterocycles. The minimum atomic E-state index is 0.207. The van der Waals surface area contributed by atoms with Gasteiger partial charge in [-0.3, -0.25) is 0 Å². The van der Waals surface area contributed by atoms with Crippen molar-refractivity contribution in [3.63, 3.8) is 0 Å². The summed E-state index contributed by atoms with van der Waals surface area (Å²) < 4.78 is 5.46. The fraction of sp³-hybridized carbons (Fsp3) is 0.769. The number of hydrogen-bond acceptors (Lipinski definition) is 5. The van der Waals surface area contributed by atoms with Crippen molar-refractivity contribution in [2.24, 2.45) is 0 Å². The molecule has 2 rings (SSSR count). The summed E-state index contributed by atoms with van der Waals surface area (Å²) in [5, 5.41) is 0.207. The molecule has 1 aromatic rings. The monoisotopic (exact) mass is 284 g/mol. The lowest BCUT2D eigenvalue weighted by Crippen LogP contribution is -2.29. The Morgan fingerprint density at radius 1 is 1.21 bits per heavy atom. The zero-order valence-electron chi connectivity index (χ0n) is 11.6. The van der Waals surface area contributed by atoms with Gasteiger partial charge in [0.2, 0.25) is 11.2 Å². The normalized spacial score (nSPS) is 14.5. The molecule has 0 aromatic carbocycles. The number of aromatic nitrogens is 3. The van der Waals surface area contributed by atoms with Gasteiger partial charge in [0.05, 0.1) is 6.61 Å². The van der Waals surface area contributed by atoms with Crippen LogP contribution in [-0.2, 0) is 0 Å². The SMILES string of the molecule is CCCCN(c1nc(Cl)nc(OCCC)n1)C1CC1. The van der Waals surface area contributed by atoms with Crippen LogP contribution in [0.2, 0.25) is 5.28 Å². The first-order valence-corrected chi connectivity index (χ1v) is 7.43. The molecular formula is C13H21ClN4O. The summed E-state index contributed by atoms with van der Waals surface area (Å²) >= 11 is 5.96. The van der Waals surface area contributed by atoms with Crippen molar-refractivity contribution >= 4 is 17.5 Å². The molecule has 0 bridgehead atoms. The van der Waals surface area contributed by atoms with Gasteiger partial charge in [-0.15, -0.1) is 0 Å². The zero-order valence-corrected chi connectivity index (χ0v) is 12.4. The van der Waals surface area contributed by atoms with E-state index in [4.69, 9.17) is 16.3 Å². The van der Waals surface area contributed by atoms with E-state index in [1.807, 2.05) is 6.92 Å². The van der Waals surface area contributed by atoms with E-state index < -0.39 is 0 Å². The maximum absolute atomic E-state index is 5.96. The van der Waals surface area contributed by atoms with Crippen molar-refractivity contribution in [1.82, 2.24) is 15.0 Å². The molecule has 6 heteroatoms. The summed E-state index contributed by atoms with van der Waals surface area (Å²) in [6, 6.07) is 0.892. The molecule has 0 atom stereocenters. The number of ether oxygens (including phenoxy) is 1. The minimum Gasteiger partial charge on any atom is -0.463 e. The first kappa shape index (κ1) is 14.3. The molecule has 1 aliphatic carbocycles. The molecule has 0 amide bonds. The summed E-state index contributed by atoms with van der Waals surface area (Å²) in [6.45, 7) is 5.79. The molecule has 0 spiro atoms. The lowest BCUT2D eigenvalue weighted by atomic mass is 10.3. The van der Waals surface area contributed by atoms with Crippen molar-refractivity contribution in [1.29, 1.82) is 0 Å². The Hall–Kier alpha value is -1.10. The van der Waals surface area contributed by atoms with E-state index in [-0.39, 0.29) is 5.28 Å². The Balaban J connectivity index is 2.13. The van der Waals surface area contributed by atoms with Crippen LogP contribution in [0, 0.1) is 0 Å². The molecule has 0 aliphatic heterocycles. The Morgan fingerprint density at radius 3 is 2.63 bits per heavy atom. The number of rotatable bonds is 8. The average molecular weight is 285 g/mol. The van der Waals surface area contributed by atoms with Crippen LogP contribution in [0.4, 0.5) is 5.95 Å². The third kappa shape index (κ3) is 4.20. The van der Waals surface area contributed by atoms with Crippen LogP contribution >= 0.6 is 11.6 Å². The van der Waals surface area contributed by atoms with Gasteiger partial charge in [-0.1, -0.05) is 20.3 Å². The molecule has 0 saturated heterocycles. The van der Waals surface area contributed by atoms with Crippen LogP contribution in [0.25, 0.3) is 0 Å². The summed E-state index contributed by atoms with van der Waals surface area (Å²) in [5.41, 5.74) is 0. The van der Waals surface area contributed by atoms with Crippen molar-refractivity contribution in [3.05, 3.63) is 5.28 Å². The van der Waals surface area contributed by atoms with Gasteiger partial charge in [0.25, 0.3) is 0 Å². The predicted octanol–water partition coefficient (Wildman–Crippen LogP) is 3.08. The smallest absolute Gasteiger partial charge is 0.322 e. The summed E-state index contributed by atoms with van der Waals surface area (Å²) in [7, 11) is 0. The highest BCUT2D eigenvalue weighted by molar-refractivity contribution is 6.28. The molecule has 1 fully saturated rings. The van der Waals surface area contributed by atoms with Gasteiger partial charge in [-0.25, -0.2) is 0 Å². The van der Waals surface area contributed by atoms with Gasteiger partial charge >= 0.3 is 6.01 Å². The molecule has 0 radical (unpaired) electrons. The van der Waals surface area contributed by atoms with Crippen LogP contribution in [0.5, 0.6) is 6.01 Å². The lowest BCUT2D eigenvalue weighted by molar-refractivity contribution is 0.291. The van der Waals surface area contributed by atoms with Gasteiger partial charge in [0, 0.05) is 12.6 Å². The average Bonchev–Trinajstić information content (AvgIpc) is 3.21. The second kappa shape index (κ2) is 6.89. The molecule has 19 heavy (non-hydrogen) atoms. The number of halogens is 1. The molecule has 106 valence electrons. The summed E-state index contributed by atoms with van der Waals surface area (Å²) in [6.07, 6.45) is 5.61. The van der Waals surface area contributed by atoms with E-state index in [0.29, 0.717) is 24.6 Å². The van der Waals surface area contributed by atoms with E-state index in [0.717, 1.165) is 25.8 Å². The molecule has 1 heterocycles. The standard InChI is InChI=1S/C13H21ClN4O/c1-3-5-8-18(10-6-7-10)12-15-11(14)16-13(17-12)19-9-4-2/h10H,3-9H2,1-2H3. The quantitative estimate of drug-likeness (QED) is 0.734. The summed E-state index contributed by atoms with van der Waals surface area (Å²) in [4.78, 5) is 14.9. The Bertz CT molecular complexity index is 412. The van der Waals surface area contributed by atoms with Crippen molar-refractivity contribution in [2.75, 3.05) is 18.1 Å². The van der Waals surface area contributed by atoms with Crippen LogP contribution in [0.15, 0.2) is 0 Å². The first-order chi connectivity index (χ1) is 9.24. The fourth-order valence-electron chi connectivity index (χ4n) is 1.87. The van der Waals surface area contributed by atoms with Gasteiger partial charge < -0.3 is 9.64 Å². The number of nitrogens with zero attached hydrogens (tertiary/aromatic N) is 4. The topological polar surface area (TPSA) is 51.1 Å². The van der Waals surface area contributed by atoms with E-state index in [2.05, 4.69) is 26.8 Å². The number of anilines is 1. The van der Waals surface area contributed by atoms with Crippen molar-refractivity contribution in [2.45, 2.75) is 52.0 Å². The Kier molecular flexibility index (Phi) is 5.19. The van der Waals surface area contributed by atoms with Gasteiger partial charge in [0.15, 0.2) is 0 Å². The molecule has 1 aliphatic rings. The molecule has 0 N–H and O–H groups in total. The maximum Gasteiger partial charge on any atom is 0.322 e. The van der Waals surface area contributed by atoms with E-state index >= 15 is 0 Å². The molecule has 0 unspecified atom stereocenters. The fourth-order valence-corrected chi connectivity index (χ4v) is 2.02. The highest BCUT2D eigenvalue weighted by atomic mass is 35.5. The maximum atomic E-state index is 5.96. The second-order valence-electron chi connectivity index (χ2n) is 4.81. The van der Waals surface area contributed by atoms with Gasteiger partial charge in [-0.2, -0.15) is 15.0 Å². The Labute approximate surface area is 119 Å². The molecular weight excluding hydrogens is 264 g/mol. The van der Waals surface area contributed by atoms with Crippen LogP contribution in [0.1, 0.15) is 46.0 Å². The van der Waals surface area contributed by atoms with E-state index in [9.17, 15) is 0 Å². The molecule has 1 saturated carbocycles. The Morgan fingerprint density at radius 2 is 2.00 bits per heavy atom. The van der Waals surface area contributed by atoms with E-state index in [1.54, 1.807) is 0 Å². The third-order valence-electron chi connectivity index (χ3n) is 3.01. The number of unbranched alkanes of at least 4 members (excludes halogenated alkanes) is 1. The van der Waals surface area contributed by atoms with Gasteiger partial charge in [-0.05, 0) is 37.3 Å². The van der Waals surface area contributed by atoms with E-state index in [1.165, 1.54) is 12.8 Å². The van der Waals surface area contributed by atoms with Crippen LogP contribution in [-0.4, -0.2) is 34.1 Å². The molecule has 5 nitrogen and oxygen atoms in total. The third-order valence-corrected chi connectivity index (χ3v) is 3.18. The van der Waals surface area contributed by atoms with Crippen molar-refractivity contribution < 1.29 is 4.74 Å². The second-order valence-corrected chi connectivity index (χ2v) is 5.15. The lowest BCUT2D eigenvalue weighted by Gasteiger charge is -2.22. The highest BCUT2D eigenvalue weighted by Crippen LogP contribution is 2.30. The van der Waals surface area contributed by atoms with Crippen molar-refractivity contribution in [3.8, 4) is 6.01 Å². The minimum absolute atomic E-state index is 0.207. The largest absolute Gasteiger partial charge is 0.463 e. The number of hydrogen-bond donors (Lipinski definition) is 0. The first-order valence-electron chi connectivity index (χ1n) is 7.05. The van der Waals surface area contributed by atoms with Gasteiger partial charge in [0.1, 0.15) is 0 Å². The zero-order chi connectivity index (χ0) is 13.7. The van der Waals surface area contributed by atoms with Crippen LogP contribution < -0.4 is 9.64 Å². The van der Waals surface area contributed by atoms with Crippen LogP contribution in [0.3, 0.4) is 0 Å². The summed E-state index contributed by atoms with van der Waals surface area (Å²) in [5.74, 6) is 0.655. The predicted molar refractivity (Wildman–Crippen MR) is 75.9 cm³/mol. The highest BCUT2D eigenvalue weighted by Gasteiger charge is 2.31.